The molecular formula is C15H24FN. The summed E-state index contributed by atoms with van der Waals surface area (Å²) in [4.78, 5) is 0. The van der Waals surface area contributed by atoms with Crippen molar-refractivity contribution in [3.63, 3.8) is 0 Å². The van der Waals surface area contributed by atoms with E-state index in [1.54, 1.807) is 12.1 Å². The minimum atomic E-state index is -0.131. The quantitative estimate of drug-likeness (QED) is 0.763. The number of nitrogens with one attached hydrogen (secondary N) is 1. The summed E-state index contributed by atoms with van der Waals surface area (Å²) in [6, 6.07) is 6.98. The fourth-order valence-electron chi connectivity index (χ4n) is 2.10. The molecule has 0 aliphatic carbocycles. The number of hydrogen-bond acceptors (Lipinski definition) is 1. The highest BCUT2D eigenvalue weighted by atomic mass is 19.1. The van der Waals surface area contributed by atoms with E-state index in [-0.39, 0.29) is 5.82 Å². The van der Waals surface area contributed by atoms with Gasteiger partial charge in [-0.15, -0.1) is 0 Å². The summed E-state index contributed by atoms with van der Waals surface area (Å²) in [5.41, 5.74) is 1.10. The first-order chi connectivity index (χ1) is 8.17. The summed E-state index contributed by atoms with van der Waals surface area (Å²) in [5.74, 6) is 1.12. The van der Waals surface area contributed by atoms with E-state index in [9.17, 15) is 4.39 Å². The molecule has 0 fully saturated rings. The molecule has 0 heterocycles. The van der Waals surface area contributed by atoms with Crippen molar-refractivity contribution in [2.75, 3.05) is 13.1 Å². The lowest BCUT2D eigenvalue weighted by Gasteiger charge is -2.23. The molecule has 1 aromatic carbocycles. The van der Waals surface area contributed by atoms with E-state index in [1.807, 2.05) is 6.07 Å². The van der Waals surface area contributed by atoms with E-state index in [2.05, 4.69) is 26.1 Å². The van der Waals surface area contributed by atoms with Gasteiger partial charge < -0.3 is 5.32 Å². The van der Waals surface area contributed by atoms with Gasteiger partial charge in [0.25, 0.3) is 0 Å². The molecule has 1 nitrogen and oxygen atoms in total. The van der Waals surface area contributed by atoms with Gasteiger partial charge in [0.1, 0.15) is 5.82 Å². The Balaban J connectivity index is 2.64. The van der Waals surface area contributed by atoms with Crippen LogP contribution in [0.5, 0.6) is 0 Å². The first-order valence-electron chi connectivity index (χ1n) is 6.62. The van der Waals surface area contributed by atoms with Crippen molar-refractivity contribution in [3.05, 3.63) is 35.6 Å². The van der Waals surface area contributed by atoms with Gasteiger partial charge in [-0.3, -0.25) is 0 Å². The predicted octanol–water partition coefficient (Wildman–Crippen LogP) is 3.64. The minimum absolute atomic E-state index is 0.131. The number of benzene rings is 1. The molecule has 2 heteroatoms. The third-order valence-corrected chi connectivity index (χ3v) is 3.49. The second-order valence-electron chi connectivity index (χ2n) is 4.79. The van der Waals surface area contributed by atoms with Crippen LogP contribution in [0.4, 0.5) is 4.39 Å². The lowest BCUT2D eigenvalue weighted by molar-refractivity contribution is 0.331. The largest absolute Gasteiger partial charge is 0.317 e. The Kier molecular flexibility index (Phi) is 6.20. The van der Waals surface area contributed by atoms with Gasteiger partial charge in [-0.2, -0.15) is 0 Å². The SMILES string of the molecule is CCNCC(Cc1cccc(F)c1)C(C)CC. The summed E-state index contributed by atoms with van der Waals surface area (Å²) < 4.78 is 13.1. The lowest BCUT2D eigenvalue weighted by Crippen LogP contribution is -2.28. The van der Waals surface area contributed by atoms with E-state index in [0.29, 0.717) is 11.8 Å². The molecule has 0 saturated carbocycles. The van der Waals surface area contributed by atoms with E-state index in [0.717, 1.165) is 25.1 Å². The van der Waals surface area contributed by atoms with E-state index >= 15 is 0 Å². The van der Waals surface area contributed by atoms with Crippen molar-refractivity contribution in [2.45, 2.75) is 33.6 Å². The molecule has 0 amide bonds. The Hall–Kier alpha value is -0.890. The van der Waals surface area contributed by atoms with Crippen molar-refractivity contribution >= 4 is 0 Å². The molecular weight excluding hydrogens is 213 g/mol. The first-order valence-corrected chi connectivity index (χ1v) is 6.62. The predicted molar refractivity (Wildman–Crippen MR) is 71.6 cm³/mol. The smallest absolute Gasteiger partial charge is 0.123 e. The van der Waals surface area contributed by atoms with E-state index in [4.69, 9.17) is 0 Å². The zero-order valence-electron chi connectivity index (χ0n) is 11.2. The highest BCUT2D eigenvalue weighted by Gasteiger charge is 2.16. The highest BCUT2D eigenvalue weighted by molar-refractivity contribution is 5.17. The van der Waals surface area contributed by atoms with Gasteiger partial charge in [0.05, 0.1) is 0 Å². The Bertz CT molecular complexity index is 324. The Morgan fingerprint density at radius 3 is 2.65 bits per heavy atom. The van der Waals surface area contributed by atoms with Gasteiger partial charge in [0, 0.05) is 0 Å². The van der Waals surface area contributed by atoms with Crippen molar-refractivity contribution in [1.29, 1.82) is 0 Å². The fourth-order valence-corrected chi connectivity index (χ4v) is 2.10. The molecule has 96 valence electrons. The summed E-state index contributed by atoms with van der Waals surface area (Å²) in [5, 5.41) is 3.40. The summed E-state index contributed by atoms with van der Waals surface area (Å²) in [7, 11) is 0. The van der Waals surface area contributed by atoms with Crippen LogP contribution < -0.4 is 5.32 Å². The lowest BCUT2D eigenvalue weighted by atomic mass is 9.86. The number of rotatable bonds is 7. The maximum absolute atomic E-state index is 13.1. The van der Waals surface area contributed by atoms with Gasteiger partial charge in [0.15, 0.2) is 0 Å². The van der Waals surface area contributed by atoms with Crippen LogP contribution in [0.2, 0.25) is 0 Å². The molecule has 1 rings (SSSR count). The Morgan fingerprint density at radius 1 is 1.29 bits per heavy atom. The van der Waals surface area contributed by atoms with Crippen LogP contribution in [0.25, 0.3) is 0 Å². The molecule has 0 bridgehead atoms. The van der Waals surface area contributed by atoms with Gasteiger partial charge in [-0.25, -0.2) is 4.39 Å². The maximum atomic E-state index is 13.1. The molecule has 0 aromatic heterocycles. The fraction of sp³-hybridized carbons (Fsp3) is 0.600. The minimum Gasteiger partial charge on any atom is -0.317 e. The van der Waals surface area contributed by atoms with E-state index < -0.39 is 0 Å². The Labute approximate surface area is 104 Å². The normalized spacial score (nSPS) is 14.6. The summed E-state index contributed by atoms with van der Waals surface area (Å²) in [6.45, 7) is 8.63. The maximum Gasteiger partial charge on any atom is 0.123 e. The third kappa shape index (κ3) is 4.86. The van der Waals surface area contributed by atoms with Crippen LogP contribution in [0.3, 0.4) is 0 Å². The molecule has 17 heavy (non-hydrogen) atoms. The van der Waals surface area contributed by atoms with Gasteiger partial charge in [-0.05, 0) is 49.0 Å². The van der Waals surface area contributed by atoms with Crippen molar-refractivity contribution in [1.82, 2.24) is 5.32 Å². The Morgan fingerprint density at radius 2 is 2.06 bits per heavy atom. The molecule has 2 atom stereocenters. The third-order valence-electron chi connectivity index (χ3n) is 3.49. The highest BCUT2D eigenvalue weighted by Crippen LogP contribution is 2.20. The summed E-state index contributed by atoms with van der Waals surface area (Å²) in [6.07, 6.45) is 2.13. The van der Waals surface area contributed by atoms with Crippen LogP contribution in [0.1, 0.15) is 32.8 Å². The van der Waals surface area contributed by atoms with Crippen LogP contribution >= 0.6 is 0 Å². The molecule has 0 spiro atoms. The topological polar surface area (TPSA) is 12.0 Å². The first kappa shape index (κ1) is 14.2. The van der Waals surface area contributed by atoms with Crippen LogP contribution in [-0.4, -0.2) is 13.1 Å². The summed E-state index contributed by atoms with van der Waals surface area (Å²) >= 11 is 0. The second kappa shape index (κ2) is 7.44. The van der Waals surface area contributed by atoms with Crippen LogP contribution in [-0.2, 0) is 6.42 Å². The molecule has 0 radical (unpaired) electrons. The zero-order valence-corrected chi connectivity index (χ0v) is 11.2. The second-order valence-corrected chi connectivity index (χ2v) is 4.79. The van der Waals surface area contributed by atoms with Crippen LogP contribution in [0.15, 0.2) is 24.3 Å². The van der Waals surface area contributed by atoms with Crippen LogP contribution in [0, 0.1) is 17.7 Å². The van der Waals surface area contributed by atoms with Crippen molar-refractivity contribution in [2.24, 2.45) is 11.8 Å². The number of hydrogen-bond donors (Lipinski definition) is 1. The zero-order chi connectivity index (χ0) is 12.7. The van der Waals surface area contributed by atoms with Crippen molar-refractivity contribution in [3.8, 4) is 0 Å². The molecule has 0 aliphatic rings. The van der Waals surface area contributed by atoms with E-state index in [1.165, 1.54) is 12.5 Å². The standard InChI is InChI=1S/C15H24FN/c1-4-12(3)14(11-17-5-2)9-13-7-6-8-15(16)10-13/h6-8,10,12,14,17H,4-5,9,11H2,1-3H3. The molecule has 2 unspecified atom stereocenters. The average Bonchev–Trinajstić information content (AvgIpc) is 2.33. The van der Waals surface area contributed by atoms with Crippen molar-refractivity contribution < 1.29 is 4.39 Å². The molecule has 1 N–H and O–H groups in total. The average molecular weight is 237 g/mol. The van der Waals surface area contributed by atoms with Gasteiger partial charge >= 0.3 is 0 Å². The van der Waals surface area contributed by atoms with Gasteiger partial charge in [-0.1, -0.05) is 39.3 Å². The molecule has 0 aliphatic heterocycles. The molecule has 1 aromatic rings. The molecule has 0 saturated heterocycles. The monoisotopic (exact) mass is 237 g/mol. The van der Waals surface area contributed by atoms with Gasteiger partial charge in [0.2, 0.25) is 0 Å². The number of halogens is 1.